The Balaban J connectivity index is 1.83. The average Bonchev–Trinajstić information content (AvgIpc) is 2.95. The lowest BCUT2D eigenvalue weighted by Crippen LogP contribution is -2.44. The van der Waals surface area contributed by atoms with Gasteiger partial charge in [-0.15, -0.1) is 0 Å². The van der Waals surface area contributed by atoms with E-state index in [2.05, 4.69) is 5.32 Å². The molecule has 0 aromatic rings. The first-order valence-corrected chi connectivity index (χ1v) is 6.23. The van der Waals surface area contributed by atoms with E-state index < -0.39 is 6.04 Å². The van der Waals surface area contributed by atoms with Gasteiger partial charge in [0.05, 0.1) is 12.6 Å². The zero-order chi connectivity index (χ0) is 11.8. The number of hydrogen-bond acceptors (Lipinski definition) is 3. The predicted molar refractivity (Wildman–Crippen MR) is 61.7 cm³/mol. The van der Waals surface area contributed by atoms with Crippen LogP contribution in [-0.2, 0) is 4.79 Å². The highest BCUT2D eigenvalue weighted by Gasteiger charge is 2.68. The zero-order valence-corrected chi connectivity index (χ0v) is 9.96. The summed E-state index contributed by atoms with van der Waals surface area (Å²) in [6.07, 6.45) is 5.41. The van der Waals surface area contributed by atoms with Gasteiger partial charge < -0.3 is 16.2 Å². The van der Waals surface area contributed by atoms with Gasteiger partial charge in [0.15, 0.2) is 0 Å². The van der Waals surface area contributed by atoms with Crippen molar-refractivity contribution in [1.82, 2.24) is 5.32 Å². The molecule has 2 atom stereocenters. The van der Waals surface area contributed by atoms with Crippen molar-refractivity contribution in [3.05, 3.63) is 0 Å². The van der Waals surface area contributed by atoms with Gasteiger partial charge in [-0.05, 0) is 31.1 Å². The summed E-state index contributed by atoms with van der Waals surface area (Å²) in [4.78, 5) is 11.6. The van der Waals surface area contributed by atoms with Gasteiger partial charge >= 0.3 is 0 Å². The molecule has 16 heavy (non-hydrogen) atoms. The van der Waals surface area contributed by atoms with Crippen LogP contribution in [0.1, 0.15) is 39.0 Å². The molecule has 1 amide bonds. The van der Waals surface area contributed by atoms with Crippen LogP contribution in [-0.4, -0.2) is 30.2 Å². The largest absolute Gasteiger partial charge is 0.396 e. The summed E-state index contributed by atoms with van der Waals surface area (Å²) in [6, 6.07) is -0.410. The molecule has 92 valence electrons. The summed E-state index contributed by atoms with van der Waals surface area (Å²) in [5.74, 6) is -0.0864. The van der Waals surface area contributed by atoms with Crippen molar-refractivity contribution in [1.29, 1.82) is 0 Å². The second kappa shape index (κ2) is 4.00. The summed E-state index contributed by atoms with van der Waals surface area (Å²) in [6.45, 7) is 2.68. The van der Waals surface area contributed by atoms with Gasteiger partial charge in [-0.1, -0.05) is 13.3 Å². The molecule has 0 aromatic carbocycles. The molecule has 4 N–H and O–H groups in total. The van der Waals surface area contributed by atoms with Gasteiger partial charge in [0.1, 0.15) is 0 Å². The van der Waals surface area contributed by atoms with Crippen molar-refractivity contribution >= 4 is 5.91 Å². The molecule has 2 saturated carbocycles. The first-order chi connectivity index (χ1) is 7.59. The Kier molecular flexibility index (Phi) is 2.97. The Morgan fingerprint density at radius 2 is 2.25 bits per heavy atom. The van der Waals surface area contributed by atoms with Crippen molar-refractivity contribution in [2.75, 3.05) is 13.2 Å². The average molecular weight is 226 g/mol. The summed E-state index contributed by atoms with van der Waals surface area (Å²) in [5, 5.41) is 12.4. The van der Waals surface area contributed by atoms with Crippen LogP contribution in [0.15, 0.2) is 0 Å². The molecule has 2 aliphatic rings. The number of rotatable bonds is 5. The minimum absolute atomic E-state index is 0.0334. The Bertz CT molecular complexity index is 289. The fourth-order valence-corrected chi connectivity index (χ4v) is 3.02. The van der Waals surface area contributed by atoms with E-state index in [0.717, 1.165) is 6.42 Å². The minimum Gasteiger partial charge on any atom is -0.396 e. The third-order valence-electron chi connectivity index (χ3n) is 4.67. The van der Waals surface area contributed by atoms with Gasteiger partial charge in [0.25, 0.3) is 0 Å². The van der Waals surface area contributed by atoms with E-state index in [0.29, 0.717) is 18.4 Å². The van der Waals surface area contributed by atoms with E-state index >= 15 is 0 Å². The lowest BCUT2D eigenvalue weighted by Gasteiger charge is -2.32. The standard InChI is InChI=1S/C12H22N2O2/c1-2-9(13)10(16)14-7-12(8-15)6-11(12)4-3-5-11/h9,15H,2-8,13H2,1H3,(H,14,16)/t9-,12?/m1/s1. The fourth-order valence-electron chi connectivity index (χ4n) is 3.02. The number of aliphatic hydroxyl groups is 1. The van der Waals surface area contributed by atoms with Crippen molar-refractivity contribution in [3.63, 3.8) is 0 Å². The highest BCUT2D eigenvalue weighted by molar-refractivity contribution is 5.81. The number of carbonyl (C=O) groups is 1. The number of aliphatic hydroxyl groups excluding tert-OH is 1. The third-order valence-corrected chi connectivity index (χ3v) is 4.67. The van der Waals surface area contributed by atoms with Crippen LogP contribution in [0.5, 0.6) is 0 Å². The third kappa shape index (κ3) is 1.64. The minimum atomic E-state index is -0.410. The quantitative estimate of drug-likeness (QED) is 0.635. The number of carbonyl (C=O) groups excluding carboxylic acids is 1. The highest BCUT2D eigenvalue weighted by atomic mass is 16.3. The lowest BCUT2D eigenvalue weighted by atomic mass is 9.75. The summed E-state index contributed by atoms with van der Waals surface area (Å²) < 4.78 is 0. The van der Waals surface area contributed by atoms with Gasteiger partial charge in [0, 0.05) is 12.0 Å². The van der Waals surface area contributed by atoms with Crippen LogP contribution in [0.25, 0.3) is 0 Å². The van der Waals surface area contributed by atoms with Crippen molar-refractivity contribution in [2.24, 2.45) is 16.6 Å². The number of nitrogens with one attached hydrogen (secondary N) is 1. The topological polar surface area (TPSA) is 75.4 Å². The first-order valence-electron chi connectivity index (χ1n) is 6.23. The predicted octanol–water partition coefficient (Wildman–Crippen LogP) is 0.393. The number of amides is 1. The normalized spacial score (nSPS) is 31.9. The molecule has 0 aliphatic heterocycles. The Hall–Kier alpha value is -0.610. The molecule has 0 heterocycles. The molecule has 0 bridgehead atoms. The molecule has 0 aromatic heterocycles. The van der Waals surface area contributed by atoms with Crippen LogP contribution in [0.2, 0.25) is 0 Å². The van der Waals surface area contributed by atoms with Crippen LogP contribution in [0, 0.1) is 10.8 Å². The van der Waals surface area contributed by atoms with Gasteiger partial charge in [0.2, 0.25) is 5.91 Å². The molecule has 4 nitrogen and oxygen atoms in total. The molecule has 2 rings (SSSR count). The molecule has 1 spiro atoms. The maximum absolute atomic E-state index is 11.6. The summed E-state index contributed by atoms with van der Waals surface area (Å²) >= 11 is 0. The van der Waals surface area contributed by atoms with Gasteiger partial charge in [-0.25, -0.2) is 0 Å². The Morgan fingerprint density at radius 3 is 2.62 bits per heavy atom. The van der Waals surface area contributed by atoms with Gasteiger partial charge in [-0.2, -0.15) is 0 Å². The van der Waals surface area contributed by atoms with Crippen LogP contribution in [0.4, 0.5) is 0 Å². The smallest absolute Gasteiger partial charge is 0.236 e. The molecule has 0 radical (unpaired) electrons. The molecular formula is C12H22N2O2. The van der Waals surface area contributed by atoms with E-state index in [4.69, 9.17) is 5.73 Å². The molecular weight excluding hydrogens is 204 g/mol. The van der Waals surface area contributed by atoms with Gasteiger partial charge in [-0.3, -0.25) is 4.79 Å². The molecule has 2 aliphatic carbocycles. The molecule has 4 heteroatoms. The monoisotopic (exact) mass is 226 g/mol. The van der Waals surface area contributed by atoms with Crippen LogP contribution >= 0.6 is 0 Å². The van der Waals surface area contributed by atoms with E-state index in [-0.39, 0.29) is 17.9 Å². The van der Waals surface area contributed by atoms with Crippen LogP contribution in [0.3, 0.4) is 0 Å². The van der Waals surface area contributed by atoms with Crippen molar-refractivity contribution in [3.8, 4) is 0 Å². The highest BCUT2D eigenvalue weighted by Crippen LogP contribution is 2.73. The van der Waals surface area contributed by atoms with E-state index in [1.165, 1.54) is 19.3 Å². The Labute approximate surface area is 96.6 Å². The van der Waals surface area contributed by atoms with Crippen LogP contribution < -0.4 is 11.1 Å². The van der Waals surface area contributed by atoms with E-state index in [9.17, 15) is 9.90 Å². The summed E-state index contributed by atoms with van der Waals surface area (Å²) in [7, 11) is 0. The maximum atomic E-state index is 11.6. The van der Waals surface area contributed by atoms with Crippen molar-refractivity contribution in [2.45, 2.75) is 45.1 Å². The molecule has 0 saturated heterocycles. The van der Waals surface area contributed by atoms with Crippen molar-refractivity contribution < 1.29 is 9.90 Å². The molecule has 1 unspecified atom stereocenters. The van der Waals surface area contributed by atoms with E-state index in [1.54, 1.807) is 0 Å². The second-order valence-corrected chi connectivity index (χ2v) is 5.48. The lowest BCUT2D eigenvalue weighted by molar-refractivity contribution is -0.122. The summed E-state index contributed by atoms with van der Waals surface area (Å²) in [5.41, 5.74) is 5.97. The first kappa shape index (κ1) is 11.9. The van der Waals surface area contributed by atoms with E-state index in [1.807, 2.05) is 6.92 Å². The Morgan fingerprint density at radius 1 is 1.56 bits per heavy atom. The SMILES string of the molecule is CC[C@@H](N)C(=O)NCC1(CO)CC12CCC2. The fraction of sp³-hybridized carbons (Fsp3) is 0.917. The maximum Gasteiger partial charge on any atom is 0.236 e. The number of nitrogens with two attached hydrogens (primary N) is 1. The zero-order valence-electron chi connectivity index (χ0n) is 9.96. The molecule has 2 fully saturated rings. The second-order valence-electron chi connectivity index (χ2n) is 5.48. The number of hydrogen-bond donors (Lipinski definition) is 3.